The molecule has 0 spiro atoms. The summed E-state index contributed by atoms with van der Waals surface area (Å²) < 4.78 is 26.9. The Morgan fingerprint density at radius 1 is 1.47 bits per heavy atom. The topological polar surface area (TPSA) is 74.7 Å². The van der Waals surface area contributed by atoms with Crippen LogP contribution in [0, 0.1) is 12.8 Å². The summed E-state index contributed by atoms with van der Waals surface area (Å²) in [5.74, 6) is -1.55. The fourth-order valence-electron chi connectivity index (χ4n) is 2.07. The standard InChI is InChI=1S/C12H14BrNO4S/c1-8-6-10(2-3-11(8)13)19(17,18)14-5-4-9(7-14)12(15)16/h2-3,6,9H,4-5,7H2,1H3,(H,15,16). The van der Waals surface area contributed by atoms with Crippen LogP contribution in [0.5, 0.6) is 0 Å². The van der Waals surface area contributed by atoms with Gasteiger partial charge in [-0.1, -0.05) is 15.9 Å². The third-order valence-electron chi connectivity index (χ3n) is 3.27. The highest BCUT2D eigenvalue weighted by atomic mass is 79.9. The van der Waals surface area contributed by atoms with Gasteiger partial charge < -0.3 is 5.11 Å². The summed E-state index contributed by atoms with van der Waals surface area (Å²) in [5, 5.41) is 8.92. The van der Waals surface area contributed by atoms with Crippen molar-refractivity contribution in [3.8, 4) is 0 Å². The van der Waals surface area contributed by atoms with Gasteiger partial charge in [0, 0.05) is 17.6 Å². The predicted molar refractivity (Wildman–Crippen MR) is 73.4 cm³/mol. The molecule has 1 unspecified atom stereocenters. The van der Waals surface area contributed by atoms with E-state index in [4.69, 9.17) is 5.11 Å². The van der Waals surface area contributed by atoms with Gasteiger partial charge in [-0.3, -0.25) is 4.79 Å². The van der Waals surface area contributed by atoms with Crippen LogP contribution in [0.15, 0.2) is 27.6 Å². The molecule has 1 saturated heterocycles. The minimum absolute atomic E-state index is 0.0484. The molecule has 0 amide bonds. The zero-order valence-electron chi connectivity index (χ0n) is 10.3. The van der Waals surface area contributed by atoms with Crippen molar-refractivity contribution in [3.63, 3.8) is 0 Å². The second-order valence-corrected chi connectivity index (χ2v) is 7.39. The minimum atomic E-state index is -3.60. The first kappa shape index (κ1) is 14.5. The van der Waals surface area contributed by atoms with E-state index < -0.39 is 21.9 Å². The third kappa shape index (κ3) is 2.82. The fraction of sp³-hybridized carbons (Fsp3) is 0.417. The molecule has 1 aliphatic rings. The summed E-state index contributed by atoms with van der Waals surface area (Å²) in [6.07, 6.45) is 0.365. The van der Waals surface area contributed by atoms with Crippen molar-refractivity contribution >= 4 is 31.9 Å². The molecule has 0 bridgehead atoms. The molecule has 2 rings (SSSR count). The van der Waals surface area contributed by atoms with Crippen LogP contribution in [-0.2, 0) is 14.8 Å². The van der Waals surface area contributed by atoms with E-state index in [-0.39, 0.29) is 18.0 Å². The van der Waals surface area contributed by atoms with Crippen LogP contribution in [0.25, 0.3) is 0 Å². The second kappa shape index (κ2) is 5.22. The molecule has 1 N–H and O–H groups in total. The number of carboxylic acid groups (broad SMARTS) is 1. The summed E-state index contributed by atoms with van der Waals surface area (Å²) in [6, 6.07) is 4.81. The fourth-order valence-corrected chi connectivity index (χ4v) is 3.91. The van der Waals surface area contributed by atoms with E-state index in [0.717, 1.165) is 10.0 Å². The molecule has 7 heteroatoms. The monoisotopic (exact) mass is 347 g/mol. The van der Waals surface area contributed by atoms with E-state index in [9.17, 15) is 13.2 Å². The molecule has 1 atom stereocenters. The number of carbonyl (C=O) groups is 1. The molecule has 1 fully saturated rings. The Balaban J connectivity index is 2.28. The Morgan fingerprint density at radius 2 is 2.16 bits per heavy atom. The second-order valence-electron chi connectivity index (χ2n) is 4.60. The van der Waals surface area contributed by atoms with Crippen molar-refractivity contribution in [1.29, 1.82) is 0 Å². The first-order valence-corrected chi connectivity index (χ1v) is 8.05. The van der Waals surface area contributed by atoms with Gasteiger partial charge in [-0.25, -0.2) is 8.42 Å². The van der Waals surface area contributed by atoms with Gasteiger partial charge in [0.05, 0.1) is 10.8 Å². The van der Waals surface area contributed by atoms with Gasteiger partial charge in [-0.2, -0.15) is 4.31 Å². The number of rotatable bonds is 3. The Bertz CT molecular complexity index is 614. The first-order valence-electron chi connectivity index (χ1n) is 5.81. The van der Waals surface area contributed by atoms with Crippen molar-refractivity contribution < 1.29 is 18.3 Å². The molecule has 0 saturated carbocycles. The molecule has 1 heterocycles. The third-order valence-corrected chi connectivity index (χ3v) is 6.02. The summed E-state index contributed by atoms with van der Waals surface area (Å²) in [7, 11) is -3.60. The predicted octanol–water partition coefficient (Wildman–Crippen LogP) is 1.85. The molecule has 0 aliphatic carbocycles. The molecule has 0 aromatic heterocycles. The van der Waals surface area contributed by atoms with Gasteiger partial charge in [-0.05, 0) is 37.1 Å². The number of hydrogen-bond acceptors (Lipinski definition) is 3. The Morgan fingerprint density at radius 3 is 2.68 bits per heavy atom. The van der Waals surface area contributed by atoms with Crippen molar-refractivity contribution in [3.05, 3.63) is 28.2 Å². The number of aliphatic carboxylic acids is 1. The lowest BCUT2D eigenvalue weighted by atomic mass is 10.1. The van der Waals surface area contributed by atoms with E-state index >= 15 is 0 Å². The average molecular weight is 348 g/mol. The van der Waals surface area contributed by atoms with Crippen LogP contribution < -0.4 is 0 Å². The Hall–Kier alpha value is -0.920. The highest BCUT2D eigenvalue weighted by Crippen LogP contribution is 2.27. The summed E-state index contributed by atoms with van der Waals surface area (Å²) in [4.78, 5) is 11.1. The molecule has 19 heavy (non-hydrogen) atoms. The van der Waals surface area contributed by atoms with Gasteiger partial charge in [0.15, 0.2) is 0 Å². The van der Waals surface area contributed by atoms with E-state index in [1.807, 2.05) is 6.92 Å². The van der Waals surface area contributed by atoms with Gasteiger partial charge >= 0.3 is 5.97 Å². The SMILES string of the molecule is Cc1cc(S(=O)(=O)N2CCC(C(=O)O)C2)ccc1Br. The molecule has 5 nitrogen and oxygen atoms in total. The maximum absolute atomic E-state index is 12.4. The van der Waals surface area contributed by atoms with Crippen LogP contribution in [0.1, 0.15) is 12.0 Å². The molecule has 104 valence electrons. The molecule has 1 aromatic carbocycles. The number of aryl methyl sites for hydroxylation is 1. The van der Waals surface area contributed by atoms with Gasteiger partial charge in [0.2, 0.25) is 10.0 Å². The maximum Gasteiger partial charge on any atom is 0.307 e. The normalized spacial score (nSPS) is 20.6. The van der Waals surface area contributed by atoms with Crippen LogP contribution in [-0.4, -0.2) is 36.9 Å². The van der Waals surface area contributed by atoms with Crippen LogP contribution in [0.3, 0.4) is 0 Å². The zero-order chi connectivity index (χ0) is 14.2. The Labute approximate surface area is 120 Å². The molecular formula is C12H14BrNO4S. The molecule has 1 aromatic rings. The highest BCUT2D eigenvalue weighted by molar-refractivity contribution is 9.10. The van der Waals surface area contributed by atoms with Crippen LogP contribution in [0.2, 0.25) is 0 Å². The van der Waals surface area contributed by atoms with Crippen molar-refractivity contribution in [2.45, 2.75) is 18.2 Å². The summed E-state index contributed by atoms with van der Waals surface area (Å²) >= 11 is 3.32. The Kier molecular flexibility index (Phi) is 3.98. The number of halogens is 1. The zero-order valence-corrected chi connectivity index (χ0v) is 12.7. The van der Waals surface area contributed by atoms with E-state index in [2.05, 4.69) is 15.9 Å². The molecule has 0 radical (unpaired) electrons. The van der Waals surface area contributed by atoms with Crippen LogP contribution >= 0.6 is 15.9 Å². The number of hydrogen-bond donors (Lipinski definition) is 1. The average Bonchev–Trinajstić information content (AvgIpc) is 2.82. The van der Waals surface area contributed by atoms with Crippen molar-refractivity contribution in [2.24, 2.45) is 5.92 Å². The summed E-state index contributed by atoms with van der Waals surface area (Å²) in [5.41, 5.74) is 0.829. The lowest BCUT2D eigenvalue weighted by Crippen LogP contribution is -2.30. The van der Waals surface area contributed by atoms with Crippen LogP contribution in [0.4, 0.5) is 0 Å². The number of sulfonamides is 1. The molecule has 1 aliphatic heterocycles. The number of nitrogens with zero attached hydrogens (tertiary/aromatic N) is 1. The highest BCUT2D eigenvalue weighted by Gasteiger charge is 2.35. The van der Waals surface area contributed by atoms with Gasteiger partial charge in [-0.15, -0.1) is 0 Å². The number of carboxylic acids is 1. The van der Waals surface area contributed by atoms with Crippen molar-refractivity contribution in [1.82, 2.24) is 4.31 Å². The van der Waals surface area contributed by atoms with E-state index in [0.29, 0.717) is 6.42 Å². The number of benzene rings is 1. The quantitative estimate of drug-likeness (QED) is 0.905. The smallest absolute Gasteiger partial charge is 0.307 e. The first-order chi connectivity index (χ1) is 8.82. The van der Waals surface area contributed by atoms with Gasteiger partial charge in [0.1, 0.15) is 0 Å². The lowest BCUT2D eigenvalue weighted by Gasteiger charge is -2.16. The van der Waals surface area contributed by atoms with E-state index in [1.165, 1.54) is 10.4 Å². The largest absolute Gasteiger partial charge is 0.481 e. The van der Waals surface area contributed by atoms with Gasteiger partial charge in [0.25, 0.3) is 0 Å². The lowest BCUT2D eigenvalue weighted by molar-refractivity contribution is -0.141. The maximum atomic E-state index is 12.4. The molecular weight excluding hydrogens is 334 g/mol. The minimum Gasteiger partial charge on any atom is -0.481 e. The van der Waals surface area contributed by atoms with E-state index in [1.54, 1.807) is 12.1 Å². The summed E-state index contributed by atoms with van der Waals surface area (Å²) in [6.45, 7) is 2.12. The van der Waals surface area contributed by atoms with Crippen molar-refractivity contribution in [2.75, 3.05) is 13.1 Å².